The molecule has 2 rings (SSSR count). The average molecular weight is 303 g/mol. The predicted molar refractivity (Wildman–Crippen MR) is 65.6 cm³/mol. The van der Waals surface area contributed by atoms with E-state index in [1.54, 1.807) is 0 Å². The number of rotatable bonds is 3. The van der Waals surface area contributed by atoms with Crippen LogP contribution in [0.15, 0.2) is 24.3 Å². The third kappa shape index (κ3) is 3.45. The van der Waals surface area contributed by atoms with Crippen molar-refractivity contribution in [2.45, 2.75) is 12.8 Å². The Labute approximate surface area is 118 Å². The Morgan fingerprint density at radius 2 is 2.00 bits per heavy atom. The molecule has 0 radical (unpaired) electrons. The lowest BCUT2D eigenvalue weighted by atomic mass is 10.1. The van der Waals surface area contributed by atoms with Crippen molar-refractivity contribution in [3.63, 3.8) is 0 Å². The molecule has 0 aliphatic carbocycles. The van der Waals surface area contributed by atoms with Crippen molar-refractivity contribution in [1.82, 2.24) is 0 Å². The summed E-state index contributed by atoms with van der Waals surface area (Å²) in [7, 11) is 1.19. The van der Waals surface area contributed by atoms with Gasteiger partial charge in [-0.15, -0.1) is 13.2 Å². The lowest BCUT2D eigenvalue weighted by Gasteiger charge is -2.20. The van der Waals surface area contributed by atoms with E-state index < -0.39 is 29.9 Å². The van der Waals surface area contributed by atoms with Gasteiger partial charge in [0.1, 0.15) is 0 Å². The van der Waals surface area contributed by atoms with Gasteiger partial charge in [-0.1, -0.05) is 12.1 Å². The topological polar surface area (TPSA) is 55.8 Å². The van der Waals surface area contributed by atoms with Crippen molar-refractivity contribution in [2.75, 3.05) is 18.6 Å². The molecule has 1 atom stereocenters. The fourth-order valence-corrected chi connectivity index (χ4v) is 2.16. The van der Waals surface area contributed by atoms with Crippen molar-refractivity contribution in [3.05, 3.63) is 24.3 Å². The molecule has 0 bridgehead atoms. The van der Waals surface area contributed by atoms with E-state index in [-0.39, 0.29) is 18.7 Å². The van der Waals surface area contributed by atoms with Crippen LogP contribution in [-0.4, -0.2) is 31.9 Å². The van der Waals surface area contributed by atoms with Crippen molar-refractivity contribution in [1.29, 1.82) is 0 Å². The maximum absolute atomic E-state index is 12.4. The molecule has 0 spiro atoms. The Balaban J connectivity index is 2.26. The molecule has 1 fully saturated rings. The van der Waals surface area contributed by atoms with Crippen LogP contribution in [0.1, 0.15) is 6.42 Å². The number of benzene rings is 1. The molecule has 21 heavy (non-hydrogen) atoms. The summed E-state index contributed by atoms with van der Waals surface area (Å²) in [5.41, 5.74) is -0.0220. The largest absolute Gasteiger partial charge is 0.573 e. The van der Waals surface area contributed by atoms with Crippen LogP contribution in [0.4, 0.5) is 18.9 Å². The minimum absolute atomic E-state index is 0.0220. The zero-order chi connectivity index (χ0) is 15.6. The molecule has 5 nitrogen and oxygen atoms in total. The minimum Gasteiger partial charge on any atom is -0.469 e. The second kappa shape index (κ2) is 5.63. The SMILES string of the molecule is COC(=O)C1CC(=O)N(c2ccccc2OC(F)(F)F)C1. The zero-order valence-corrected chi connectivity index (χ0v) is 11.0. The Hall–Kier alpha value is -2.25. The van der Waals surface area contributed by atoms with Gasteiger partial charge in [-0.3, -0.25) is 9.59 Å². The molecule has 0 N–H and O–H groups in total. The number of amides is 1. The van der Waals surface area contributed by atoms with Gasteiger partial charge < -0.3 is 14.4 Å². The molecule has 1 aromatic carbocycles. The predicted octanol–water partition coefficient (Wildman–Crippen LogP) is 2.11. The fourth-order valence-electron chi connectivity index (χ4n) is 2.16. The normalized spacial score (nSPS) is 18.8. The first-order valence-electron chi connectivity index (χ1n) is 6.05. The Bertz CT molecular complexity index is 559. The van der Waals surface area contributed by atoms with Crippen molar-refractivity contribution in [2.24, 2.45) is 5.92 Å². The monoisotopic (exact) mass is 303 g/mol. The summed E-state index contributed by atoms with van der Waals surface area (Å²) in [6.07, 6.45) is -4.96. The number of hydrogen-bond acceptors (Lipinski definition) is 4. The van der Waals surface area contributed by atoms with Gasteiger partial charge in [-0.25, -0.2) is 0 Å². The highest BCUT2D eigenvalue weighted by Gasteiger charge is 2.38. The number of carbonyl (C=O) groups is 2. The van der Waals surface area contributed by atoms with E-state index in [2.05, 4.69) is 9.47 Å². The summed E-state index contributed by atoms with van der Waals surface area (Å²) in [6.45, 7) is -0.0380. The molecular formula is C13H12F3NO4. The molecular weight excluding hydrogens is 291 g/mol. The van der Waals surface area contributed by atoms with E-state index in [1.165, 1.54) is 25.3 Å². The summed E-state index contributed by atoms with van der Waals surface area (Å²) in [5, 5.41) is 0. The van der Waals surface area contributed by atoms with Gasteiger partial charge in [-0.2, -0.15) is 0 Å². The van der Waals surface area contributed by atoms with E-state index in [0.29, 0.717) is 0 Å². The number of halogens is 3. The van der Waals surface area contributed by atoms with Crippen LogP contribution < -0.4 is 9.64 Å². The molecule has 0 saturated carbocycles. The van der Waals surface area contributed by atoms with Crippen molar-refractivity contribution < 1.29 is 32.2 Å². The van der Waals surface area contributed by atoms with Crippen LogP contribution in [0.3, 0.4) is 0 Å². The molecule has 114 valence electrons. The first kappa shape index (κ1) is 15.1. The van der Waals surface area contributed by atoms with Gasteiger partial charge in [0.25, 0.3) is 0 Å². The van der Waals surface area contributed by atoms with Crippen LogP contribution in [0, 0.1) is 5.92 Å². The van der Waals surface area contributed by atoms with Crippen LogP contribution in [-0.2, 0) is 14.3 Å². The lowest BCUT2D eigenvalue weighted by molar-refractivity contribution is -0.274. The first-order valence-corrected chi connectivity index (χ1v) is 6.05. The van der Waals surface area contributed by atoms with E-state index in [1.807, 2.05) is 0 Å². The molecule has 1 aromatic rings. The Morgan fingerprint density at radius 1 is 1.33 bits per heavy atom. The highest BCUT2D eigenvalue weighted by molar-refractivity contribution is 6.00. The maximum Gasteiger partial charge on any atom is 0.573 e. The average Bonchev–Trinajstić information content (AvgIpc) is 2.79. The molecule has 8 heteroatoms. The molecule has 1 saturated heterocycles. The molecule has 1 unspecified atom stereocenters. The van der Waals surface area contributed by atoms with Gasteiger partial charge in [-0.05, 0) is 12.1 Å². The number of anilines is 1. The number of methoxy groups -OCH3 is 1. The fraction of sp³-hybridized carbons (Fsp3) is 0.385. The van der Waals surface area contributed by atoms with E-state index in [9.17, 15) is 22.8 Å². The highest BCUT2D eigenvalue weighted by Crippen LogP contribution is 2.36. The second-order valence-electron chi connectivity index (χ2n) is 4.44. The van der Waals surface area contributed by atoms with Gasteiger partial charge in [0.15, 0.2) is 5.75 Å². The second-order valence-corrected chi connectivity index (χ2v) is 4.44. The Kier molecular flexibility index (Phi) is 4.06. The Morgan fingerprint density at radius 3 is 2.62 bits per heavy atom. The summed E-state index contributed by atoms with van der Waals surface area (Å²) < 4.78 is 45.5. The van der Waals surface area contributed by atoms with Crippen LogP contribution >= 0.6 is 0 Å². The van der Waals surface area contributed by atoms with Gasteiger partial charge in [0, 0.05) is 13.0 Å². The highest BCUT2D eigenvalue weighted by atomic mass is 19.4. The molecule has 1 aliphatic heterocycles. The summed E-state index contributed by atoms with van der Waals surface area (Å²) >= 11 is 0. The number of carbonyl (C=O) groups excluding carboxylic acids is 2. The van der Waals surface area contributed by atoms with Crippen LogP contribution in [0.5, 0.6) is 5.75 Å². The van der Waals surface area contributed by atoms with Crippen molar-refractivity contribution in [3.8, 4) is 5.75 Å². The third-order valence-electron chi connectivity index (χ3n) is 3.04. The molecule has 0 aromatic heterocycles. The number of nitrogens with zero attached hydrogens (tertiary/aromatic N) is 1. The van der Waals surface area contributed by atoms with Gasteiger partial charge in [0.05, 0.1) is 18.7 Å². The molecule has 1 amide bonds. The maximum atomic E-state index is 12.4. The zero-order valence-electron chi connectivity index (χ0n) is 11.0. The van der Waals surface area contributed by atoms with Gasteiger partial charge >= 0.3 is 12.3 Å². The van der Waals surface area contributed by atoms with Crippen LogP contribution in [0.25, 0.3) is 0 Å². The minimum atomic E-state index is -4.86. The first-order chi connectivity index (χ1) is 9.81. The number of esters is 1. The number of hydrogen-bond donors (Lipinski definition) is 0. The summed E-state index contributed by atoms with van der Waals surface area (Å²) in [5.74, 6) is -2.20. The number of para-hydroxylation sites is 2. The van der Waals surface area contributed by atoms with Crippen molar-refractivity contribution >= 4 is 17.6 Å². The third-order valence-corrected chi connectivity index (χ3v) is 3.04. The van der Waals surface area contributed by atoms with Crippen LogP contribution in [0.2, 0.25) is 0 Å². The number of ether oxygens (including phenoxy) is 2. The summed E-state index contributed by atoms with van der Waals surface area (Å²) in [4.78, 5) is 24.4. The smallest absolute Gasteiger partial charge is 0.469 e. The van der Waals surface area contributed by atoms with Gasteiger partial charge in [0.2, 0.25) is 5.91 Å². The van der Waals surface area contributed by atoms with E-state index in [0.717, 1.165) is 11.0 Å². The summed E-state index contributed by atoms with van der Waals surface area (Å²) in [6, 6.07) is 5.29. The standard InChI is InChI=1S/C13H12F3NO4/c1-20-12(19)8-6-11(18)17(7-8)9-4-2-3-5-10(9)21-13(14,15)16/h2-5,8H,6-7H2,1H3. The molecule has 1 aliphatic rings. The lowest BCUT2D eigenvalue weighted by Crippen LogP contribution is -2.28. The quantitative estimate of drug-likeness (QED) is 0.803. The van der Waals surface area contributed by atoms with E-state index in [4.69, 9.17) is 0 Å². The van der Waals surface area contributed by atoms with E-state index >= 15 is 0 Å². The molecule has 1 heterocycles. The number of alkyl halides is 3.